The summed E-state index contributed by atoms with van der Waals surface area (Å²) in [6.45, 7) is 1.45. The van der Waals surface area contributed by atoms with Crippen molar-refractivity contribution >= 4 is 0 Å². The van der Waals surface area contributed by atoms with E-state index < -0.39 is 5.72 Å². The highest BCUT2D eigenvalue weighted by Crippen LogP contribution is 2.21. The van der Waals surface area contributed by atoms with Crippen LogP contribution in [0.5, 0.6) is 0 Å². The molecule has 4 heteroatoms. The van der Waals surface area contributed by atoms with Crippen LogP contribution in [0.3, 0.4) is 0 Å². The Balaban J connectivity index is 3.05. The molecule has 0 heterocycles. The molecular formula is C8H9N3O. The van der Waals surface area contributed by atoms with Crippen LogP contribution < -0.4 is 0 Å². The van der Waals surface area contributed by atoms with Crippen molar-refractivity contribution in [3.05, 3.63) is 46.3 Å². The zero-order valence-corrected chi connectivity index (χ0v) is 6.68. The third-order valence-electron chi connectivity index (χ3n) is 1.56. The van der Waals surface area contributed by atoms with Crippen molar-refractivity contribution in [3.8, 4) is 0 Å². The summed E-state index contributed by atoms with van der Waals surface area (Å²) in [5.74, 6) is 0. The molecule has 0 saturated carbocycles. The molecular weight excluding hydrogens is 154 g/mol. The number of hydrogen-bond donors (Lipinski definition) is 1. The van der Waals surface area contributed by atoms with Gasteiger partial charge in [-0.25, -0.2) is 0 Å². The van der Waals surface area contributed by atoms with E-state index in [-0.39, 0.29) is 0 Å². The summed E-state index contributed by atoms with van der Waals surface area (Å²) >= 11 is 0. The molecule has 0 aliphatic heterocycles. The summed E-state index contributed by atoms with van der Waals surface area (Å²) in [5, 5.41) is 12.8. The molecule has 0 radical (unpaired) electrons. The molecule has 62 valence electrons. The maximum atomic E-state index is 9.57. The number of nitrogens with zero attached hydrogens (tertiary/aromatic N) is 3. The second kappa shape index (κ2) is 3.26. The van der Waals surface area contributed by atoms with Crippen LogP contribution in [0.4, 0.5) is 0 Å². The molecule has 1 N–H and O–H groups in total. The number of benzene rings is 1. The summed E-state index contributed by atoms with van der Waals surface area (Å²) < 4.78 is 0. The highest BCUT2D eigenvalue weighted by Gasteiger charge is 2.19. The van der Waals surface area contributed by atoms with Gasteiger partial charge in [0.1, 0.15) is 0 Å². The van der Waals surface area contributed by atoms with Gasteiger partial charge in [0.05, 0.1) is 0 Å². The smallest absolute Gasteiger partial charge is 0.165 e. The topological polar surface area (TPSA) is 69.0 Å². The lowest BCUT2D eigenvalue weighted by Gasteiger charge is -2.16. The van der Waals surface area contributed by atoms with Crippen molar-refractivity contribution in [1.82, 2.24) is 0 Å². The lowest BCUT2D eigenvalue weighted by atomic mass is 10.1. The first-order valence-corrected chi connectivity index (χ1v) is 3.51. The number of azide groups is 1. The van der Waals surface area contributed by atoms with Crippen LogP contribution in [0.15, 0.2) is 35.4 Å². The van der Waals surface area contributed by atoms with Gasteiger partial charge in [-0.3, -0.25) is 0 Å². The Hall–Kier alpha value is -1.51. The molecule has 1 aromatic rings. The maximum Gasteiger partial charge on any atom is 0.165 e. The first-order valence-electron chi connectivity index (χ1n) is 3.51. The summed E-state index contributed by atoms with van der Waals surface area (Å²) in [6, 6.07) is 8.78. The van der Waals surface area contributed by atoms with E-state index in [2.05, 4.69) is 10.0 Å². The average molecular weight is 163 g/mol. The van der Waals surface area contributed by atoms with Crippen molar-refractivity contribution in [2.75, 3.05) is 0 Å². The molecule has 4 nitrogen and oxygen atoms in total. The third kappa shape index (κ3) is 1.75. The molecule has 0 aliphatic rings. The molecule has 0 fully saturated rings. The van der Waals surface area contributed by atoms with Gasteiger partial charge in [0, 0.05) is 4.91 Å². The Kier molecular flexibility index (Phi) is 2.33. The summed E-state index contributed by atoms with van der Waals surface area (Å²) in [7, 11) is 0. The lowest BCUT2D eigenvalue weighted by Crippen LogP contribution is -2.16. The van der Waals surface area contributed by atoms with Gasteiger partial charge < -0.3 is 5.11 Å². The van der Waals surface area contributed by atoms with Crippen molar-refractivity contribution in [2.24, 2.45) is 5.11 Å². The van der Waals surface area contributed by atoms with E-state index in [1.54, 1.807) is 24.3 Å². The fourth-order valence-corrected chi connectivity index (χ4v) is 0.899. The highest BCUT2D eigenvalue weighted by molar-refractivity contribution is 5.20. The fraction of sp³-hybridized carbons (Fsp3) is 0.250. The van der Waals surface area contributed by atoms with Crippen molar-refractivity contribution in [3.63, 3.8) is 0 Å². The Bertz CT molecular complexity index is 301. The molecule has 1 aromatic carbocycles. The highest BCUT2D eigenvalue weighted by atomic mass is 16.3. The van der Waals surface area contributed by atoms with Crippen LogP contribution >= 0.6 is 0 Å². The standard InChI is InChI=1S/C8H9N3O/c1-8(12,10-11-9)7-5-3-2-4-6-7/h2-6,12H,1H3. The molecule has 0 aliphatic carbocycles. The van der Waals surface area contributed by atoms with E-state index in [0.29, 0.717) is 5.56 Å². The first kappa shape index (κ1) is 8.59. The second-order valence-electron chi connectivity index (χ2n) is 2.58. The van der Waals surface area contributed by atoms with Crippen LogP contribution in [0, 0.1) is 0 Å². The van der Waals surface area contributed by atoms with E-state index >= 15 is 0 Å². The van der Waals surface area contributed by atoms with Crippen LogP contribution in [-0.2, 0) is 5.72 Å². The van der Waals surface area contributed by atoms with E-state index in [9.17, 15) is 5.11 Å². The molecule has 0 aromatic heterocycles. The summed E-state index contributed by atoms with van der Waals surface area (Å²) in [6.07, 6.45) is 0. The SMILES string of the molecule is CC(O)(N=[N+]=[N-])c1ccccc1. The molecule has 0 amide bonds. The summed E-state index contributed by atoms with van der Waals surface area (Å²) in [5.41, 5.74) is 7.30. The van der Waals surface area contributed by atoms with E-state index in [4.69, 9.17) is 5.53 Å². The van der Waals surface area contributed by atoms with Gasteiger partial charge in [-0.15, -0.1) is 0 Å². The summed E-state index contributed by atoms with van der Waals surface area (Å²) in [4.78, 5) is 2.56. The zero-order valence-electron chi connectivity index (χ0n) is 6.68. The van der Waals surface area contributed by atoms with Crippen LogP contribution in [-0.4, -0.2) is 5.11 Å². The monoisotopic (exact) mass is 163 g/mol. The van der Waals surface area contributed by atoms with Gasteiger partial charge in [-0.05, 0) is 18.0 Å². The van der Waals surface area contributed by atoms with Crippen LogP contribution in [0.25, 0.3) is 10.4 Å². The Morgan fingerprint density at radius 3 is 2.50 bits per heavy atom. The Labute approximate surface area is 70.1 Å². The van der Waals surface area contributed by atoms with Gasteiger partial charge in [-0.1, -0.05) is 35.4 Å². The van der Waals surface area contributed by atoms with Gasteiger partial charge in [-0.2, -0.15) is 0 Å². The van der Waals surface area contributed by atoms with Gasteiger partial charge in [0.2, 0.25) is 0 Å². The number of rotatable bonds is 2. The quantitative estimate of drug-likeness (QED) is 0.405. The molecule has 1 rings (SSSR count). The Morgan fingerprint density at radius 2 is 2.00 bits per heavy atom. The molecule has 12 heavy (non-hydrogen) atoms. The van der Waals surface area contributed by atoms with E-state index in [1.807, 2.05) is 6.07 Å². The van der Waals surface area contributed by atoms with Crippen LogP contribution in [0.2, 0.25) is 0 Å². The fourth-order valence-electron chi connectivity index (χ4n) is 0.899. The predicted octanol–water partition coefficient (Wildman–Crippen LogP) is 2.16. The zero-order chi connectivity index (χ0) is 9.03. The molecule has 0 saturated heterocycles. The van der Waals surface area contributed by atoms with Gasteiger partial charge in [0.25, 0.3) is 0 Å². The average Bonchev–Trinajstić information content (AvgIpc) is 2.06. The van der Waals surface area contributed by atoms with E-state index in [1.165, 1.54) is 6.92 Å². The lowest BCUT2D eigenvalue weighted by molar-refractivity contribution is 0.0651. The van der Waals surface area contributed by atoms with Gasteiger partial charge in [0.15, 0.2) is 5.72 Å². The Morgan fingerprint density at radius 1 is 1.42 bits per heavy atom. The second-order valence-corrected chi connectivity index (χ2v) is 2.58. The third-order valence-corrected chi connectivity index (χ3v) is 1.56. The first-order chi connectivity index (χ1) is 5.67. The molecule has 1 unspecified atom stereocenters. The minimum Gasteiger partial charge on any atom is -0.379 e. The minimum absolute atomic E-state index is 0.586. The van der Waals surface area contributed by atoms with Crippen LogP contribution in [0.1, 0.15) is 12.5 Å². The van der Waals surface area contributed by atoms with Crippen molar-refractivity contribution in [2.45, 2.75) is 12.6 Å². The van der Waals surface area contributed by atoms with E-state index in [0.717, 1.165) is 0 Å². The van der Waals surface area contributed by atoms with Crippen molar-refractivity contribution < 1.29 is 5.11 Å². The van der Waals surface area contributed by atoms with Gasteiger partial charge >= 0.3 is 0 Å². The number of aliphatic hydroxyl groups is 1. The number of hydrogen-bond acceptors (Lipinski definition) is 2. The van der Waals surface area contributed by atoms with Crippen molar-refractivity contribution in [1.29, 1.82) is 0 Å². The normalized spacial score (nSPS) is 14.5. The predicted molar refractivity (Wildman–Crippen MR) is 45.2 cm³/mol. The maximum absolute atomic E-state index is 9.57. The molecule has 0 bridgehead atoms. The minimum atomic E-state index is -1.45. The molecule has 0 spiro atoms. The largest absolute Gasteiger partial charge is 0.379 e. The molecule has 1 atom stereocenters.